The standard InChI is InChI=1S/C56H80F2N10O11/c1-33(2)46(65-43(70)21-14-11-17-26-68-44(71)29-56(8,9)54(68)79)52(76)62-35(4)50(74)64-41(53(77)78)20-15-16-25-60-49(73)34(3)61-51(75)40(59)24-27-67(45(72)32-69)47(55(5,6)7)48-63-42(38-28-37(57)22-23-39(38)58)31-66(48)30-36-18-12-10-13-19-36/h10,12-13,18-19,22-23,28,31,33-35,40-41,46-47,69H,11,14-17,20-21,24-27,29-30,32,59H2,1-9H3,(H,60,73)(H,61,75)(H,62,76)(H,64,74)(H,65,70)(H,77,78)/t34-,35+,40+,41+,46?,47+/m1/s1. The van der Waals surface area contributed by atoms with E-state index in [1.54, 1.807) is 38.5 Å². The molecule has 1 unspecified atom stereocenters. The molecule has 0 radical (unpaired) electrons. The maximum atomic E-state index is 15.1. The molecule has 6 atom stereocenters. The summed E-state index contributed by atoms with van der Waals surface area (Å²) in [5.74, 6) is -6.98. The number of nitrogens with two attached hydrogens (primary N) is 1. The zero-order chi connectivity index (χ0) is 58.9. The van der Waals surface area contributed by atoms with Gasteiger partial charge in [0, 0.05) is 50.8 Å². The number of aliphatic hydroxyl groups excluding tert-OH is 1. The summed E-state index contributed by atoms with van der Waals surface area (Å²) >= 11 is 0. The van der Waals surface area contributed by atoms with Crippen molar-refractivity contribution in [2.45, 2.75) is 163 Å². The summed E-state index contributed by atoms with van der Waals surface area (Å²) in [6.07, 6.45) is 3.76. The zero-order valence-electron chi connectivity index (χ0n) is 46.8. The average Bonchev–Trinajstić information content (AvgIpc) is 4.05. The van der Waals surface area contributed by atoms with Crippen LogP contribution in [0, 0.1) is 28.4 Å². The number of imide groups is 1. The number of carbonyl (C=O) groups excluding carboxylic acids is 8. The minimum atomic E-state index is -1.34. The number of aromatic nitrogens is 2. The Kier molecular flexibility index (Phi) is 23.8. The van der Waals surface area contributed by atoms with Crippen LogP contribution >= 0.6 is 0 Å². The monoisotopic (exact) mass is 1110 g/mol. The summed E-state index contributed by atoms with van der Waals surface area (Å²) in [6.45, 7) is 14.8. The van der Waals surface area contributed by atoms with Gasteiger partial charge in [0.1, 0.15) is 48.2 Å². The Morgan fingerprint density at radius 1 is 0.823 bits per heavy atom. The van der Waals surface area contributed by atoms with Gasteiger partial charge in [-0.25, -0.2) is 18.6 Å². The molecular formula is C56H80F2N10O11. The maximum Gasteiger partial charge on any atom is 0.326 e. The largest absolute Gasteiger partial charge is 0.480 e. The molecule has 2 heterocycles. The van der Waals surface area contributed by atoms with Crippen molar-refractivity contribution in [1.29, 1.82) is 0 Å². The SMILES string of the molecule is CC(C)C(NC(=O)CCCCCN1C(=O)CC(C)(C)C1=O)C(=O)N[C@@H](C)C(=O)N[C@@H](CCCCNC(=O)[C@@H](C)NC(=O)[C@@H](N)CCN(C(=O)CO)[C@@H](c1nc(-c2cc(F)ccc2F)cn1Cc1ccccc1)C(C)(C)C)C(=O)O. The fourth-order valence-electron chi connectivity index (χ4n) is 9.18. The molecule has 0 spiro atoms. The van der Waals surface area contributed by atoms with Crippen LogP contribution in [0.4, 0.5) is 8.78 Å². The Labute approximate surface area is 460 Å². The number of halogens is 2. The lowest BCUT2D eigenvalue weighted by atomic mass is 9.84. The number of benzene rings is 2. The van der Waals surface area contributed by atoms with Gasteiger partial charge in [-0.15, -0.1) is 0 Å². The Morgan fingerprint density at radius 2 is 1.48 bits per heavy atom. The zero-order valence-corrected chi connectivity index (χ0v) is 46.8. The topological polar surface area (TPSA) is 305 Å². The fourth-order valence-corrected chi connectivity index (χ4v) is 9.18. The van der Waals surface area contributed by atoms with Crippen molar-refractivity contribution in [3.63, 3.8) is 0 Å². The second-order valence-corrected chi connectivity index (χ2v) is 22.3. The molecule has 0 bridgehead atoms. The smallest absolute Gasteiger partial charge is 0.326 e. The Bertz CT molecular complexity index is 2640. The highest BCUT2D eigenvalue weighted by Gasteiger charge is 2.44. The first-order valence-corrected chi connectivity index (χ1v) is 26.8. The number of aliphatic carboxylic acids is 1. The Hall–Kier alpha value is -7.14. The van der Waals surface area contributed by atoms with Crippen LogP contribution in [-0.4, -0.2) is 139 Å². The van der Waals surface area contributed by atoms with E-state index in [0.717, 1.165) is 23.8 Å². The van der Waals surface area contributed by atoms with E-state index in [1.165, 1.54) is 23.6 Å². The number of nitrogens with one attached hydrogen (secondary N) is 5. The van der Waals surface area contributed by atoms with Crippen LogP contribution in [0.15, 0.2) is 54.7 Å². The van der Waals surface area contributed by atoms with Gasteiger partial charge in [0.15, 0.2) is 0 Å². The first kappa shape index (κ1) is 64.4. The van der Waals surface area contributed by atoms with E-state index in [9.17, 15) is 57.8 Å². The first-order valence-electron chi connectivity index (χ1n) is 26.8. The summed E-state index contributed by atoms with van der Waals surface area (Å²) in [5, 5.41) is 33.0. The lowest BCUT2D eigenvalue weighted by Crippen LogP contribution is -2.56. The number of hydrogen-bond donors (Lipinski definition) is 8. The number of aliphatic hydroxyl groups is 1. The van der Waals surface area contributed by atoms with Gasteiger partial charge in [-0.3, -0.25) is 43.3 Å². The molecule has 1 aromatic heterocycles. The van der Waals surface area contributed by atoms with Crippen molar-refractivity contribution >= 4 is 53.2 Å². The number of rotatable bonds is 30. The first-order chi connectivity index (χ1) is 37.1. The number of imidazole rings is 1. The predicted molar refractivity (Wildman–Crippen MR) is 289 cm³/mol. The van der Waals surface area contributed by atoms with E-state index >= 15 is 4.39 Å². The third-order valence-electron chi connectivity index (χ3n) is 13.7. The van der Waals surface area contributed by atoms with Gasteiger partial charge in [-0.1, -0.05) is 85.2 Å². The molecule has 21 nitrogen and oxygen atoms in total. The molecule has 9 N–H and O–H groups in total. The predicted octanol–water partition coefficient (Wildman–Crippen LogP) is 3.85. The van der Waals surface area contributed by atoms with Crippen LogP contribution in [0.2, 0.25) is 0 Å². The highest BCUT2D eigenvalue weighted by atomic mass is 19.1. The van der Waals surface area contributed by atoms with E-state index in [4.69, 9.17) is 10.7 Å². The van der Waals surface area contributed by atoms with Crippen LogP contribution < -0.4 is 32.3 Å². The number of unbranched alkanes of at least 4 members (excludes halogenated alkanes) is 3. The molecule has 1 fully saturated rings. The third kappa shape index (κ3) is 18.8. The van der Waals surface area contributed by atoms with Gasteiger partial charge in [0.25, 0.3) is 0 Å². The molecule has 79 heavy (non-hydrogen) atoms. The fraction of sp³-hybridized carbons (Fsp3) is 0.571. The van der Waals surface area contributed by atoms with Crippen molar-refractivity contribution in [1.82, 2.24) is 45.9 Å². The van der Waals surface area contributed by atoms with Crippen molar-refractivity contribution in [2.75, 3.05) is 26.2 Å². The molecule has 1 aliphatic heterocycles. The number of nitrogens with zero attached hydrogens (tertiary/aromatic N) is 4. The second kappa shape index (κ2) is 29.2. The number of carboxylic acids is 1. The van der Waals surface area contributed by atoms with Gasteiger partial charge >= 0.3 is 5.97 Å². The highest BCUT2D eigenvalue weighted by Crippen LogP contribution is 2.40. The van der Waals surface area contributed by atoms with Crippen LogP contribution in [0.3, 0.4) is 0 Å². The summed E-state index contributed by atoms with van der Waals surface area (Å²) in [4.78, 5) is 123. The molecule has 1 aliphatic rings. The van der Waals surface area contributed by atoms with Crippen LogP contribution in [0.25, 0.3) is 11.3 Å². The Balaban J connectivity index is 1.24. The van der Waals surface area contributed by atoms with Gasteiger partial charge in [0.2, 0.25) is 47.3 Å². The molecular weight excluding hydrogens is 1030 g/mol. The van der Waals surface area contributed by atoms with Crippen molar-refractivity contribution < 1.29 is 62.1 Å². The van der Waals surface area contributed by atoms with Crippen molar-refractivity contribution in [3.8, 4) is 11.3 Å². The molecule has 1 saturated heterocycles. The second-order valence-electron chi connectivity index (χ2n) is 22.3. The van der Waals surface area contributed by atoms with Crippen LogP contribution in [-0.2, 0) is 49.7 Å². The van der Waals surface area contributed by atoms with Gasteiger partial charge < -0.3 is 52.0 Å². The number of carbonyl (C=O) groups is 9. The van der Waals surface area contributed by atoms with Crippen molar-refractivity contribution in [2.24, 2.45) is 22.5 Å². The number of hydrogen-bond acceptors (Lipinski definition) is 12. The molecule has 434 valence electrons. The molecule has 3 aromatic rings. The van der Waals surface area contributed by atoms with Crippen molar-refractivity contribution in [3.05, 3.63) is 77.8 Å². The van der Waals surface area contributed by atoms with Gasteiger partial charge in [-0.2, -0.15) is 0 Å². The Morgan fingerprint density at radius 3 is 2.09 bits per heavy atom. The number of carboxylic acid groups (broad SMARTS) is 1. The molecule has 0 saturated carbocycles. The lowest BCUT2D eigenvalue weighted by Gasteiger charge is -2.40. The van der Waals surface area contributed by atoms with Crippen LogP contribution in [0.1, 0.15) is 138 Å². The number of likely N-dealkylation sites (tertiary alicyclic amines) is 1. The van der Waals surface area contributed by atoms with E-state index < -0.39 is 107 Å². The van der Waals surface area contributed by atoms with Gasteiger partial charge in [-0.05, 0) is 87.5 Å². The third-order valence-corrected chi connectivity index (χ3v) is 13.7. The van der Waals surface area contributed by atoms with E-state index in [0.29, 0.717) is 25.1 Å². The molecule has 8 amide bonds. The summed E-state index contributed by atoms with van der Waals surface area (Å²) in [5.41, 5.74) is 5.70. The number of amides is 8. The quantitative estimate of drug-likeness (QED) is 0.0348. The normalized spacial score (nSPS) is 15.6. The highest BCUT2D eigenvalue weighted by molar-refractivity contribution is 6.05. The van der Waals surface area contributed by atoms with E-state index in [2.05, 4.69) is 26.6 Å². The molecule has 23 heteroatoms. The summed E-state index contributed by atoms with van der Waals surface area (Å²) < 4.78 is 31.3. The molecule has 0 aliphatic carbocycles. The van der Waals surface area contributed by atoms with E-state index in [1.807, 2.05) is 51.1 Å². The minimum Gasteiger partial charge on any atom is -0.480 e. The molecule has 4 rings (SSSR count). The minimum absolute atomic E-state index is 0.0282. The summed E-state index contributed by atoms with van der Waals surface area (Å²) in [6, 6.07) is 5.61. The lowest BCUT2D eigenvalue weighted by molar-refractivity contribution is -0.142. The van der Waals surface area contributed by atoms with Gasteiger partial charge in [0.05, 0.1) is 23.2 Å². The van der Waals surface area contributed by atoms with E-state index in [-0.39, 0.29) is 93.7 Å². The average molecular weight is 1110 g/mol. The van der Waals surface area contributed by atoms with Crippen LogP contribution in [0.5, 0.6) is 0 Å². The molecule has 2 aromatic carbocycles. The summed E-state index contributed by atoms with van der Waals surface area (Å²) in [7, 11) is 0. The maximum absolute atomic E-state index is 15.1.